The highest BCUT2D eigenvalue weighted by Crippen LogP contribution is 2.38. The molecule has 3 aromatic rings. The molecule has 21 heavy (non-hydrogen) atoms. The van der Waals surface area contributed by atoms with E-state index < -0.39 is 11.6 Å². The Kier molecular flexibility index (Phi) is 3.17. The molecule has 0 saturated heterocycles. The van der Waals surface area contributed by atoms with Crippen LogP contribution in [0.3, 0.4) is 0 Å². The Balaban J connectivity index is 2.35. The van der Waals surface area contributed by atoms with Crippen LogP contribution >= 0.6 is 0 Å². The Morgan fingerprint density at radius 3 is 2.62 bits per heavy atom. The maximum absolute atomic E-state index is 13.4. The van der Waals surface area contributed by atoms with Gasteiger partial charge in [0, 0.05) is 22.5 Å². The normalized spacial score (nSPS) is 10.8. The first-order valence-corrected chi connectivity index (χ1v) is 6.22. The molecule has 3 rings (SSSR count). The third-order valence-corrected chi connectivity index (χ3v) is 3.28. The van der Waals surface area contributed by atoms with E-state index in [1.54, 1.807) is 12.1 Å². The molecule has 0 bridgehead atoms. The molecular weight excluding hydrogens is 276 g/mol. The summed E-state index contributed by atoms with van der Waals surface area (Å²) in [6.07, 6.45) is 1.47. The second-order valence-electron chi connectivity index (χ2n) is 4.51. The molecule has 106 valence electrons. The van der Waals surface area contributed by atoms with E-state index >= 15 is 0 Å². The minimum absolute atomic E-state index is 0.0212. The Hall–Kier alpha value is -2.69. The van der Waals surface area contributed by atoms with Gasteiger partial charge < -0.3 is 9.84 Å². The zero-order chi connectivity index (χ0) is 15.0. The van der Waals surface area contributed by atoms with Crippen LogP contribution in [0, 0.1) is 11.6 Å². The van der Waals surface area contributed by atoms with Crippen LogP contribution in [-0.4, -0.2) is 17.2 Å². The zero-order valence-corrected chi connectivity index (χ0v) is 11.1. The van der Waals surface area contributed by atoms with Crippen molar-refractivity contribution in [1.29, 1.82) is 0 Å². The molecule has 0 radical (unpaired) electrons. The van der Waals surface area contributed by atoms with Crippen LogP contribution in [0.4, 0.5) is 8.78 Å². The molecule has 0 unspecified atom stereocenters. The highest BCUT2D eigenvalue weighted by atomic mass is 19.2. The summed E-state index contributed by atoms with van der Waals surface area (Å²) in [6.45, 7) is 0. The zero-order valence-electron chi connectivity index (χ0n) is 11.1. The number of methoxy groups -OCH3 is 1. The highest BCUT2D eigenvalue weighted by Gasteiger charge is 2.14. The Bertz CT molecular complexity index is 834. The quantitative estimate of drug-likeness (QED) is 0.777. The van der Waals surface area contributed by atoms with Gasteiger partial charge in [0.2, 0.25) is 5.88 Å². The van der Waals surface area contributed by atoms with Crippen molar-refractivity contribution in [3.8, 4) is 22.8 Å². The second-order valence-corrected chi connectivity index (χ2v) is 4.51. The molecule has 1 aromatic heterocycles. The number of benzene rings is 2. The van der Waals surface area contributed by atoms with Gasteiger partial charge in [-0.25, -0.2) is 13.8 Å². The largest absolute Gasteiger partial charge is 0.507 e. The predicted molar refractivity (Wildman–Crippen MR) is 75.3 cm³/mol. The van der Waals surface area contributed by atoms with Crippen LogP contribution < -0.4 is 4.74 Å². The van der Waals surface area contributed by atoms with E-state index in [0.717, 1.165) is 12.1 Å². The van der Waals surface area contributed by atoms with E-state index in [-0.39, 0.29) is 5.75 Å². The van der Waals surface area contributed by atoms with Crippen molar-refractivity contribution >= 4 is 10.8 Å². The van der Waals surface area contributed by atoms with Crippen molar-refractivity contribution in [3.05, 3.63) is 54.2 Å². The Labute approximate surface area is 119 Å². The molecule has 0 aliphatic rings. The lowest BCUT2D eigenvalue weighted by molar-refractivity contribution is 0.403. The molecule has 0 aliphatic heterocycles. The van der Waals surface area contributed by atoms with Crippen LogP contribution in [-0.2, 0) is 0 Å². The fourth-order valence-corrected chi connectivity index (χ4v) is 2.30. The third-order valence-electron chi connectivity index (χ3n) is 3.28. The SMILES string of the molecule is COc1ncc(-c2ccc(F)c(F)c2)c2c(O)cccc12. The predicted octanol–water partition coefficient (Wildman–Crippen LogP) is 3.89. The summed E-state index contributed by atoms with van der Waals surface area (Å²) in [4.78, 5) is 4.15. The first-order valence-electron chi connectivity index (χ1n) is 6.22. The van der Waals surface area contributed by atoms with Gasteiger partial charge in [-0.1, -0.05) is 12.1 Å². The van der Waals surface area contributed by atoms with E-state index in [1.165, 1.54) is 25.4 Å². The maximum atomic E-state index is 13.4. The van der Waals surface area contributed by atoms with Crippen molar-refractivity contribution in [2.75, 3.05) is 7.11 Å². The Morgan fingerprint density at radius 1 is 1.10 bits per heavy atom. The second kappa shape index (κ2) is 5.01. The average molecular weight is 287 g/mol. The molecule has 0 spiro atoms. The lowest BCUT2D eigenvalue weighted by atomic mass is 10.00. The summed E-state index contributed by atoms with van der Waals surface area (Å²) in [5.74, 6) is -1.50. The van der Waals surface area contributed by atoms with Crippen molar-refractivity contribution < 1.29 is 18.6 Å². The summed E-state index contributed by atoms with van der Waals surface area (Å²) in [5, 5.41) is 11.2. The highest BCUT2D eigenvalue weighted by molar-refractivity contribution is 6.02. The molecule has 2 aromatic carbocycles. The van der Waals surface area contributed by atoms with Crippen molar-refractivity contribution in [2.24, 2.45) is 0 Å². The number of hydrogen-bond donors (Lipinski definition) is 1. The van der Waals surface area contributed by atoms with Crippen molar-refractivity contribution in [3.63, 3.8) is 0 Å². The molecular formula is C16H11F2NO2. The van der Waals surface area contributed by atoms with Crippen LogP contribution in [0.25, 0.3) is 21.9 Å². The number of nitrogens with zero attached hydrogens (tertiary/aromatic N) is 1. The van der Waals surface area contributed by atoms with E-state index in [9.17, 15) is 13.9 Å². The number of ether oxygens (including phenoxy) is 1. The van der Waals surface area contributed by atoms with E-state index in [2.05, 4.69) is 4.98 Å². The first kappa shape index (κ1) is 13.3. The monoisotopic (exact) mass is 287 g/mol. The summed E-state index contributed by atoms with van der Waals surface area (Å²) >= 11 is 0. The van der Waals surface area contributed by atoms with Gasteiger partial charge in [-0.05, 0) is 29.8 Å². The summed E-state index contributed by atoms with van der Waals surface area (Å²) in [7, 11) is 1.48. The van der Waals surface area contributed by atoms with Crippen LogP contribution in [0.15, 0.2) is 42.6 Å². The molecule has 0 amide bonds. The van der Waals surface area contributed by atoms with Gasteiger partial charge in [0.05, 0.1) is 7.11 Å². The number of fused-ring (bicyclic) bond motifs is 1. The molecule has 1 heterocycles. The van der Waals surface area contributed by atoms with Crippen LogP contribution in [0.1, 0.15) is 0 Å². The van der Waals surface area contributed by atoms with Gasteiger partial charge in [0.25, 0.3) is 0 Å². The molecule has 0 atom stereocenters. The number of rotatable bonds is 2. The first-order chi connectivity index (χ1) is 10.1. The fourth-order valence-electron chi connectivity index (χ4n) is 2.30. The van der Waals surface area contributed by atoms with Gasteiger partial charge in [-0.3, -0.25) is 0 Å². The smallest absolute Gasteiger partial charge is 0.221 e. The lowest BCUT2D eigenvalue weighted by Gasteiger charge is -2.11. The van der Waals surface area contributed by atoms with Gasteiger partial charge in [-0.2, -0.15) is 0 Å². The molecule has 0 aliphatic carbocycles. The van der Waals surface area contributed by atoms with Gasteiger partial charge in [-0.15, -0.1) is 0 Å². The number of aromatic nitrogens is 1. The minimum atomic E-state index is -0.952. The molecule has 5 heteroatoms. The van der Waals surface area contributed by atoms with Gasteiger partial charge in [0.1, 0.15) is 5.75 Å². The van der Waals surface area contributed by atoms with E-state index in [0.29, 0.717) is 27.8 Å². The fraction of sp³-hybridized carbons (Fsp3) is 0.0625. The van der Waals surface area contributed by atoms with Crippen LogP contribution in [0.2, 0.25) is 0 Å². The lowest BCUT2D eigenvalue weighted by Crippen LogP contribution is -1.93. The number of aromatic hydroxyl groups is 1. The number of phenols is 1. The molecule has 0 fully saturated rings. The maximum Gasteiger partial charge on any atom is 0.221 e. The van der Waals surface area contributed by atoms with E-state index in [4.69, 9.17) is 4.74 Å². The van der Waals surface area contributed by atoms with Crippen molar-refractivity contribution in [1.82, 2.24) is 4.98 Å². The van der Waals surface area contributed by atoms with Crippen molar-refractivity contribution in [2.45, 2.75) is 0 Å². The summed E-state index contributed by atoms with van der Waals surface area (Å²) < 4.78 is 31.7. The third kappa shape index (κ3) is 2.16. The molecule has 0 saturated carbocycles. The van der Waals surface area contributed by atoms with Gasteiger partial charge >= 0.3 is 0 Å². The van der Waals surface area contributed by atoms with E-state index in [1.807, 2.05) is 0 Å². The number of hydrogen-bond acceptors (Lipinski definition) is 3. The minimum Gasteiger partial charge on any atom is -0.507 e. The molecule has 3 nitrogen and oxygen atoms in total. The number of phenolic OH excluding ortho intramolecular Hbond substituents is 1. The van der Waals surface area contributed by atoms with Crippen LogP contribution in [0.5, 0.6) is 11.6 Å². The molecule has 1 N–H and O–H groups in total. The van der Waals surface area contributed by atoms with Gasteiger partial charge in [0.15, 0.2) is 11.6 Å². The Morgan fingerprint density at radius 2 is 1.90 bits per heavy atom. The summed E-state index contributed by atoms with van der Waals surface area (Å²) in [6, 6.07) is 8.48. The number of halogens is 2. The average Bonchev–Trinajstić information content (AvgIpc) is 2.49. The standard InChI is InChI=1S/C16H11F2NO2/c1-21-16-10-3-2-4-14(20)15(10)11(8-19-16)9-5-6-12(17)13(18)7-9/h2-8,20H,1H3. The topological polar surface area (TPSA) is 42.4 Å². The number of pyridine rings is 1. The summed E-state index contributed by atoms with van der Waals surface area (Å²) in [5.41, 5.74) is 0.929.